The largest absolute Gasteiger partial charge is 0.348 e. The summed E-state index contributed by atoms with van der Waals surface area (Å²) in [5.74, 6) is -0.193. The summed E-state index contributed by atoms with van der Waals surface area (Å²) in [7, 11) is 0.886. The predicted octanol–water partition coefficient (Wildman–Crippen LogP) is 2.85. The van der Waals surface area contributed by atoms with Crippen LogP contribution in [0.15, 0.2) is 48.5 Å². The van der Waals surface area contributed by atoms with Crippen LogP contribution < -0.4 is 9.62 Å². The van der Waals surface area contributed by atoms with Gasteiger partial charge in [0.05, 0.1) is 5.69 Å². The minimum atomic E-state index is -3.56. The molecule has 1 aliphatic heterocycles. The van der Waals surface area contributed by atoms with Crippen LogP contribution in [0.2, 0.25) is 0 Å². The Morgan fingerprint density at radius 2 is 1.48 bits per heavy atom. The van der Waals surface area contributed by atoms with Gasteiger partial charge >= 0.3 is 10.2 Å². The van der Waals surface area contributed by atoms with Gasteiger partial charge in [0.1, 0.15) is 0 Å². The molecular weight excluding hydrogens is 412 g/mol. The van der Waals surface area contributed by atoms with Crippen LogP contribution in [0.3, 0.4) is 0 Å². The van der Waals surface area contributed by atoms with Crippen molar-refractivity contribution in [3.8, 4) is 0 Å². The van der Waals surface area contributed by atoms with Gasteiger partial charge in [0.25, 0.3) is 5.91 Å². The zero-order valence-electron chi connectivity index (χ0n) is 18.5. The highest BCUT2D eigenvalue weighted by Gasteiger charge is 2.21. The lowest BCUT2D eigenvalue weighted by Gasteiger charge is -2.26. The normalized spacial score (nSPS) is 15.1. The van der Waals surface area contributed by atoms with Gasteiger partial charge in [-0.15, -0.1) is 0 Å². The van der Waals surface area contributed by atoms with Crippen LogP contribution in [-0.2, 0) is 23.3 Å². The number of anilines is 1. The molecule has 0 unspecified atom stereocenters. The minimum absolute atomic E-state index is 0.193. The van der Waals surface area contributed by atoms with E-state index in [9.17, 15) is 13.2 Å². The molecule has 2 aromatic carbocycles. The van der Waals surface area contributed by atoms with Crippen molar-refractivity contribution < 1.29 is 13.2 Å². The van der Waals surface area contributed by atoms with Crippen molar-refractivity contribution in [2.45, 2.75) is 32.4 Å². The molecule has 0 aromatic heterocycles. The Morgan fingerprint density at radius 1 is 0.903 bits per heavy atom. The zero-order valence-corrected chi connectivity index (χ0v) is 19.4. The number of hydrogen-bond acceptors (Lipinski definition) is 4. The third-order valence-corrected chi connectivity index (χ3v) is 7.46. The summed E-state index contributed by atoms with van der Waals surface area (Å²) in [5.41, 5.74) is 3.32. The maximum absolute atomic E-state index is 12.5. The number of carbonyl (C=O) groups is 1. The van der Waals surface area contributed by atoms with Crippen LogP contribution in [0.25, 0.3) is 0 Å². The van der Waals surface area contributed by atoms with Crippen molar-refractivity contribution in [2.75, 3.05) is 38.5 Å². The second-order valence-electron chi connectivity index (χ2n) is 8.14. The van der Waals surface area contributed by atoms with E-state index in [1.54, 1.807) is 24.3 Å². The van der Waals surface area contributed by atoms with Crippen molar-refractivity contribution in [3.63, 3.8) is 0 Å². The molecular formula is C23H32N4O3S. The van der Waals surface area contributed by atoms with Gasteiger partial charge in [-0.25, -0.2) is 0 Å². The molecule has 0 atom stereocenters. The Kier molecular flexibility index (Phi) is 7.69. The van der Waals surface area contributed by atoms with Gasteiger partial charge in [-0.2, -0.15) is 12.7 Å². The molecule has 8 heteroatoms. The molecule has 0 radical (unpaired) electrons. The van der Waals surface area contributed by atoms with Crippen molar-refractivity contribution in [1.82, 2.24) is 14.5 Å². The van der Waals surface area contributed by atoms with Crippen LogP contribution >= 0.6 is 0 Å². The van der Waals surface area contributed by atoms with Crippen molar-refractivity contribution >= 4 is 21.8 Å². The molecule has 0 bridgehead atoms. The molecule has 1 heterocycles. The quantitative estimate of drug-likeness (QED) is 0.680. The molecule has 0 saturated carbocycles. The molecule has 1 saturated heterocycles. The van der Waals surface area contributed by atoms with E-state index in [-0.39, 0.29) is 5.91 Å². The molecule has 1 amide bonds. The summed E-state index contributed by atoms with van der Waals surface area (Å²) in [5, 5.41) is 2.92. The Labute approximate surface area is 185 Å². The summed E-state index contributed by atoms with van der Waals surface area (Å²) >= 11 is 0. The summed E-state index contributed by atoms with van der Waals surface area (Å²) in [6.45, 7) is 3.78. The van der Waals surface area contributed by atoms with E-state index < -0.39 is 10.2 Å². The monoisotopic (exact) mass is 444 g/mol. The van der Waals surface area contributed by atoms with Gasteiger partial charge < -0.3 is 5.32 Å². The molecule has 2 aromatic rings. The fraction of sp³-hybridized carbons (Fsp3) is 0.435. The van der Waals surface area contributed by atoms with E-state index in [0.29, 0.717) is 17.8 Å². The highest BCUT2D eigenvalue weighted by Crippen LogP contribution is 2.18. The molecule has 1 N–H and O–H groups in total. The lowest BCUT2D eigenvalue weighted by atomic mass is 10.1. The highest BCUT2D eigenvalue weighted by atomic mass is 32.2. The third kappa shape index (κ3) is 6.06. The SMILES string of the molecule is CN(C)S(=O)(=O)N(C)c1ccc(C(=O)NCc2ccc(CN3CCCCC3)cc2)cc1. The Bertz CT molecular complexity index is 967. The number of carbonyl (C=O) groups excluding carboxylic acids is 1. The van der Waals surface area contributed by atoms with Gasteiger partial charge in [-0.3, -0.25) is 14.0 Å². The minimum Gasteiger partial charge on any atom is -0.348 e. The smallest absolute Gasteiger partial charge is 0.303 e. The predicted molar refractivity (Wildman–Crippen MR) is 124 cm³/mol. The average Bonchev–Trinajstić information content (AvgIpc) is 2.78. The number of rotatable bonds is 8. The molecule has 1 fully saturated rings. The van der Waals surface area contributed by atoms with Gasteiger partial charge in [0.15, 0.2) is 0 Å². The molecule has 168 valence electrons. The van der Waals surface area contributed by atoms with Crippen LogP contribution in [-0.4, -0.2) is 57.8 Å². The zero-order chi connectivity index (χ0) is 22.4. The first-order valence-electron chi connectivity index (χ1n) is 10.6. The second kappa shape index (κ2) is 10.3. The second-order valence-corrected chi connectivity index (χ2v) is 10.3. The number of likely N-dealkylation sites (tertiary alicyclic amines) is 1. The Hall–Kier alpha value is -2.42. The first kappa shape index (κ1) is 23.2. The van der Waals surface area contributed by atoms with E-state index in [4.69, 9.17) is 0 Å². The number of piperidine rings is 1. The molecule has 0 spiro atoms. The van der Waals surface area contributed by atoms with Gasteiger partial charge in [-0.1, -0.05) is 30.7 Å². The Balaban J connectivity index is 1.53. The van der Waals surface area contributed by atoms with Gasteiger partial charge in [0.2, 0.25) is 0 Å². The fourth-order valence-corrected chi connectivity index (χ4v) is 4.50. The van der Waals surface area contributed by atoms with Crippen LogP contribution in [0.5, 0.6) is 0 Å². The number of nitrogens with one attached hydrogen (secondary N) is 1. The summed E-state index contributed by atoms with van der Waals surface area (Å²) in [6.07, 6.45) is 3.91. The highest BCUT2D eigenvalue weighted by molar-refractivity contribution is 7.90. The first-order valence-corrected chi connectivity index (χ1v) is 12.0. The lowest BCUT2D eigenvalue weighted by Crippen LogP contribution is -2.37. The number of hydrogen-bond donors (Lipinski definition) is 1. The van der Waals surface area contributed by atoms with Crippen LogP contribution in [0, 0.1) is 0 Å². The van der Waals surface area contributed by atoms with Crippen molar-refractivity contribution in [3.05, 3.63) is 65.2 Å². The number of benzene rings is 2. The van der Waals surface area contributed by atoms with E-state index in [0.717, 1.165) is 16.4 Å². The topological polar surface area (TPSA) is 73.0 Å². The summed E-state index contributed by atoms with van der Waals surface area (Å²) in [4.78, 5) is 15.0. The maximum atomic E-state index is 12.5. The Morgan fingerprint density at radius 3 is 2.06 bits per heavy atom. The standard InChI is InChI=1S/C23H32N4O3S/c1-25(2)31(29,30)26(3)22-13-11-21(12-14-22)23(28)24-17-19-7-9-20(10-8-19)18-27-15-5-4-6-16-27/h7-14H,4-6,15-18H2,1-3H3,(H,24,28). The van der Waals surface area contributed by atoms with E-state index in [1.165, 1.54) is 63.4 Å². The molecule has 0 aliphatic carbocycles. The number of nitrogens with zero attached hydrogens (tertiary/aromatic N) is 3. The average molecular weight is 445 g/mol. The molecule has 1 aliphatic rings. The van der Waals surface area contributed by atoms with Gasteiger partial charge in [0, 0.05) is 39.8 Å². The molecule has 7 nitrogen and oxygen atoms in total. The summed E-state index contributed by atoms with van der Waals surface area (Å²) < 4.78 is 26.8. The van der Waals surface area contributed by atoms with E-state index in [1.807, 2.05) is 0 Å². The molecule has 3 rings (SSSR count). The van der Waals surface area contributed by atoms with Gasteiger partial charge in [-0.05, 0) is 61.3 Å². The van der Waals surface area contributed by atoms with Crippen LogP contribution in [0.1, 0.15) is 40.7 Å². The number of amides is 1. The van der Waals surface area contributed by atoms with Crippen molar-refractivity contribution in [2.24, 2.45) is 0 Å². The third-order valence-electron chi connectivity index (χ3n) is 5.63. The fourth-order valence-electron chi connectivity index (χ4n) is 3.62. The lowest BCUT2D eigenvalue weighted by molar-refractivity contribution is 0.0951. The van der Waals surface area contributed by atoms with E-state index >= 15 is 0 Å². The van der Waals surface area contributed by atoms with Crippen LogP contribution in [0.4, 0.5) is 5.69 Å². The van der Waals surface area contributed by atoms with Crippen molar-refractivity contribution in [1.29, 1.82) is 0 Å². The first-order chi connectivity index (χ1) is 14.8. The molecule has 31 heavy (non-hydrogen) atoms. The maximum Gasteiger partial charge on any atom is 0.303 e. The van der Waals surface area contributed by atoms with E-state index in [2.05, 4.69) is 34.5 Å². The summed E-state index contributed by atoms with van der Waals surface area (Å²) in [6, 6.07) is 14.9.